The summed E-state index contributed by atoms with van der Waals surface area (Å²) in [6.45, 7) is 1.96. The Morgan fingerprint density at radius 1 is 1.38 bits per heavy atom. The molecule has 0 aromatic heterocycles. The van der Waals surface area contributed by atoms with Crippen LogP contribution in [0.5, 0.6) is 5.75 Å². The molecule has 3 nitrogen and oxygen atoms in total. The molecule has 0 amide bonds. The lowest BCUT2D eigenvalue weighted by atomic mass is 9.89. The Morgan fingerprint density at radius 2 is 2.06 bits per heavy atom. The Hall–Kier alpha value is -1.35. The van der Waals surface area contributed by atoms with E-state index in [0.717, 1.165) is 25.9 Å². The highest BCUT2D eigenvalue weighted by molar-refractivity contribution is 5.98. The van der Waals surface area contributed by atoms with Crippen molar-refractivity contribution in [3.63, 3.8) is 0 Å². The molecule has 1 saturated heterocycles. The minimum absolute atomic E-state index is 0.123. The van der Waals surface area contributed by atoms with E-state index < -0.39 is 0 Å². The molecule has 1 aromatic carbocycles. The summed E-state index contributed by atoms with van der Waals surface area (Å²) in [5.74, 6) is 0.459. The van der Waals surface area contributed by atoms with Crippen molar-refractivity contribution in [2.75, 3.05) is 20.1 Å². The maximum atomic E-state index is 12.1. The zero-order valence-corrected chi connectivity index (χ0v) is 9.52. The maximum Gasteiger partial charge on any atom is 0.166 e. The summed E-state index contributed by atoms with van der Waals surface area (Å²) < 4.78 is 0. The van der Waals surface area contributed by atoms with Crippen LogP contribution in [0, 0.1) is 5.92 Å². The quantitative estimate of drug-likeness (QED) is 0.772. The van der Waals surface area contributed by atoms with Gasteiger partial charge in [-0.15, -0.1) is 0 Å². The molecular formula is C13H17NO2. The molecular weight excluding hydrogens is 202 g/mol. The highest BCUT2D eigenvalue weighted by Crippen LogP contribution is 2.22. The lowest BCUT2D eigenvalue weighted by Gasteiger charge is -2.27. The molecule has 1 fully saturated rings. The van der Waals surface area contributed by atoms with Gasteiger partial charge in [0.25, 0.3) is 0 Å². The topological polar surface area (TPSA) is 40.5 Å². The van der Waals surface area contributed by atoms with Crippen molar-refractivity contribution < 1.29 is 9.90 Å². The molecule has 1 aliphatic heterocycles. The van der Waals surface area contributed by atoms with Gasteiger partial charge in [0.2, 0.25) is 0 Å². The van der Waals surface area contributed by atoms with E-state index in [9.17, 15) is 9.90 Å². The van der Waals surface area contributed by atoms with Crippen LogP contribution >= 0.6 is 0 Å². The van der Waals surface area contributed by atoms with Crippen molar-refractivity contribution in [2.24, 2.45) is 5.92 Å². The number of Topliss-reactive ketones (excluding diaryl/α,β-unsaturated/α-hetero) is 1. The monoisotopic (exact) mass is 219 g/mol. The zero-order valence-electron chi connectivity index (χ0n) is 9.52. The summed E-state index contributed by atoms with van der Waals surface area (Å²) in [5, 5.41) is 9.34. The molecule has 0 atom stereocenters. The number of aromatic hydroxyl groups is 1. The van der Waals surface area contributed by atoms with Crippen LogP contribution < -0.4 is 0 Å². The molecule has 0 aliphatic carbocycles. The largest absolute Gasteiger partial charge is 0.508 e. The molecule has 1 heterocycles. The number of phenols is 1. The van der Waals surface area contributed by atoms with Crippen molar-refractivity contribution >= 4 is 5.78 Å². The van der Waals surface area contributed by atoms with Gasteiger partial charge in [0.05, 0.1) is 0 Å². The summed E-state index contributed by atoms with van der Waals surface area (Å²) in [6.07, 6.45) is 1.84. The van der Waals surface area contributed by atoms with Gasteiger partial charge in [-0.3, -0.25) is 4.79 Å². The van der Waals surface area contributed by atoms with E-state index in [4.69, 9.17) is 0 Å². The Bertz CT molecular complexity index is 381. The first-order valence-corrected chi connectivity index (χ1v) is 5.68. The number of benzene rings is 1. The van der Waals surface area contributed by atoms with Gasteiger partial charge >= 0.3 is 0 Å². The average molecular weight is 219 g/mol. The summed E-state index contributed by atoms with van der Waals surface area (Å²) in [6, 6.07) is 6.64. The van der Waals surface area contributed by atoms with Crippen LogP contribution in [0.1, 0.15) is 23.2 Å². The molecule has 1 N–H and O–H groups in total. The first-order chi connectivity index (χ1) is 7.66. The van der Waals surface area contributed by atoms with Gasteiger partial charge in [-0.2, -0.15) is 0 Å². The SMILES string of the molecule is CN1CCC(C(=O)c2cccc(O)c2)CC1. The van der Waals surface area contributed by atoms with Crippen molar-refractivity contribution in [3.8, 4) is 5.75 Å². The van der Waals surface area contributed by atoms with E-state index in [2.05, 4.69) is 11.9 Å². The fraction of sp³-hybridized carbons (Fsp3) is 0.462. The van der Waals surface area contributed by atoms with Gasteiger partial charge in [-0.05, 0) is 45.1 Å². The smallest absolute Gasteiger partial charge is 0.166 e. The number of hydrogen-bond donors (Lipinski definition) is 1. The third-order valence-electron chi connectivity index (χ3n) is 3.22. The van der Waals surface area contributed by atoms with Crippen molar-refractivity contribution in [1.82, 2.24) is 4.90 Å². The average Bonchev–Trinajstić information content (AvgIpc) is 2.29. The fourth-order valence-corrected chi connectivity index (χ4v) is 2.17. The van der Waals surface area contributed by atoms with Crippen molar-refractivity contribution in [1.29, 1.82) is 0 Å². The Kier molecular flexibility index (Phi) is 3.25. The molecule has 0 bridgehead atoms. The van der Waals surface area contributed by atoms with E-state index in [1.807, 2.05) is 0 Å². The van der Waals surface area contributed by atoms with Crippen molar-refractivity contribution in [2.45, 2.75) is 12.8 Å². The van der Waals surface area contributed by atoms with Crippen LogP contribution in [0.4, 0.5) is 0 Å². The molecule has 1 aliphatic rings. The van der Waals surface area contributed by atoms with Crippen molar-refractivity contribution in [3.05, 3.63) is 29.8 Å². The van der Waals surface area contributed by atoms with E-state index >= 15 is 0 Å². The number of ketones is 1. The third-order valence-corrected chi connectivity index (χ3v) is 3.22. The number of piperidine rings is 1. The van der Waals surface area contributed by atoms with E-state index in [-0.39, 0.29) is 17.5 Å². The number of carbonyl (C=O) groups excluding carboxylic acids is 1. The molecule has 3 heteroatoms. The first kappa shape index (κ1) is 11.1. The number of hydrogen-bond acceptors (Lipinski definition) is 3. The van der Waals surface area contributed by atoms with Crippen LogP contribution in [0.15, 0.2) is 24.3 Å². The minimum Gasteiger partial charge on any atom is -0.508 e. The minimum atomic E-state index is 0.123. The van der Waals surface area contributed by atoms with E-state index in [0.29, 0.717) is 5.56 Å². The Morgan fingerprint density at radius 3 is 2.69 bits per heavy atom. The van der Waals surface area contributed by atoms with Gasteiger partial charge in [0, 0.05) is 11.5 Å². The molecule has 16 heavy (non-hydrogen) atoms. The summed E-state index contributed by atoms with van der Waals surface area (Å²) >= 11 is 0. The maximum absolute atomic E-state index is 12.1. The predicted octanol–water partition coefficient (Wildman–Crippen LogP) is 1.92. The molecule has 0 saturated carbocycles. The molecule has 1 aromatic rings. The third kappa shape index (κ3) is 2.42. The predicted molar refractivity (Wildman–Crippen MR) is 62.7 cm³/mol. The lowest BCUT2D eigenvalue weighted by Crippen LogP contribution is -2.33. The van der Waals surface area contributed by atoms with Gasteiger partial charge in [0.15, 0.2) is 5.78 Å². The number of carbonyl (C=O) groups is 1. The highest BCUT2D eigenvalue weighted by atomic mass is 16.3. The second kappa shape index (κ2) is 4.66. The van der Waals surface area contributed by atoms with Gasteiger partial charge in [-0.25, -0.2) is 0 Å². The van der Waals surface area contributed by atoms with Crippen LogP contribution in [0.2, 0.25) is 0 Å². The summed E-state index contributed by atoms with van der Waals surface area (Å²) in [7, 11) is 2.08. The van der Waals surface area contributed by atoms with E-state index in [1.165, 1.54) is 0 Å². The first-order valence-electron chi connectivity index (χ1n) is 5.68. The molecule has 0 unspecified atom stereocenters. The molecule has 0 radical (unpaired) electrons. The van der Waals surface area contributed by atoms with E-state index in [1.54, 1.807) is 24.3 Å². The van der Waals surface area contributed by atoms with Gasteiger partial charge in [0.1, 0.15) is 5.75 Å². The van der Waals surface area contributed by atoms with Crippen LogP contribution in [-0.4, -0.2) is 35.9 Å². The number of nitrogens with zero attached hydrogens (tertiary/aromatic N) is 1. The normalized spacial score (nSPS) is 18.6. The Labute approximate surface area is 95.7 Å². The van der Waals surface area contributed by atoms with Gasteiger partial charge in [-0.1, -0.05) is 12.1 Å². The van der Waals surface area contributed by atoms with Gasteiger partial charge < -0.3 is 10.0 Å². The standard InChI is InChI=1S/C13H17NO2/c1-14-7-5-10(6-8-14)13(16)11-3-2-4-12(15)9-11/h2-4,9-10,15H,5-8H2,1H3. The van der Waals surface area contributed by atoms with Crippen LogP contribution in [0.3, 0.4) is 0 Å². The molecule has 86 valence electrons. The Balaban J connectivity index is 2.08. The summed E-state index contributed by atoms with van der Waals surface area (Å²) in [4.78, 5) is 14.4. The highest BCUT2D eigenvalue weighted by Gasteiger charge is 2.24. The van der Waals surface area contributed by atoms with Crippen LogP contribution in [0.25, 0.3) is 0 Å². The number of phenolic OH excluding ortho intramolecular Hbond substituents is 1. The zero-order chi connectivity index (χ0) is 11.5. The fourth-order valence-electron chi connectivity index (χ4n) is 2.17. The second-order valence-electron chi connectivity index (χ2n) is 4.49. The lowest BCUT2D eigenvalue weighted by molar-refractivity contribution is 0.0856. The number of likely N-dealkylation sites (tertiary alicyclic amines) is 1. The number of rotatable bonds is 2. The summed E-state index contributed by atoms with van der Waals surface area (Å²) in [5.41, 5.74) is 0.634. The molecule has 2 rings (SSSR count). The second-order valence-corrected chi connectivity index (χ2v) is 4.49. The molecule has 0 spiro atoms. The van der Waals surface area contributed by atoms with Crippen LogP contribution in [-0.2, 0) is 0 Å².